The van der Waals surface area contributed by atoms with Crippen molar-refractivity contribution >= 4 is 5.70 Å². The highest BCUT2D eigenvalue weighted by molar-refractivity contribution is 5.70. The van der Waals surface area contributed by atoms with Crippen LogP contribution in [0.3, 0.4) is 0 Å². The third kappa shape index (κ3) is 3.23. The average molecular weight is 229 g/mol. The highest BCUT2D eigenvalue weighted by Gasteiger charge is 2.11. The summed E-state index contributed by atoms with van der Waals surface area (Å²) < 4.78 is 0. The minimum absolute atomic E-state index is 1.01. The van der Waals surface area contributed by atoms with Crippen molar-refractivity contribution < 1.29 is 0 Å². The Morgan fingerprint density at radius 2 is 1.71 bits per heavy atom. The van der Waals surface area contributed by atoms with Gasteiger partial charge in [-0.1, -0.05) is 49.8 Å². The second-order valence-corrected chi connectivity index (χ2v) is 4.17. The van der Waals surface area contributed by atoms with Crippen LogP contribution in [0.15, 0.2) is 42.0 Å². The maximum Gasteiger partial charge on any atom is 0.0445 e. The molecular formula is C16H23N. The molecule has 0 atom stereocenters. The topological polar surface area (TPSA) is 3.24 Å². The van der Waals surface area contributed by atoms with Crippen molar-refractivity contribution in [1.82, 2.24) is 4.90 Å². The van der Waals surface area contributed by atoms with Gasteiger partial charge in [0.15, 0.2) is 0 Å². The van der Waals surface area contributed by atoms with E-state index in [1.54, 1.807) is 0 Å². The molecule has 0 unspecified atom stereocenters. The predicted molar refractivity (Wildman–Crippen MR) is 76.9 cm³/mol. The largest absolute Gasteiger partial charge is 0.370 e. The zero-order valence-corrected chi connectivity index (χ0v) is 11.6. The van der Waals surface area contributed by atoms with Crippen LogP contribution in [0.25, 0.3) is 5.70 Å². The van der Waals surface area contributed by atoms with Crippen LogP contribution in [-0.4, -0.2) is 18.5 Å². The smallest absolute Gasteiger partial charge is 0.0445 e. The first kappa shape index (κ1) is 13.6. The molecular weight excluding hydrogens is 206 g/mol. The molecule has 1 heterocycles. The van der Waals surface area contributed by atoms with Gasteiger partial charge >= 0.3 is 0 Å². The van der Waals surface area contributed by atoms with E-state index in [0.29, 0.717) is 0 Å². The van der Waals surface area contributed by atoms with E-state index in [1.807, 2.05) is 13.8 Å². The SMILES string of the molecule is CC.CC1=CCN(C)C(c2ccccc2C)=C1. The molecule has 0 aromatic heterocycles. The number of aryl methyl sites for hydroxylation is 1. The highest BCUT2D eigenvalue weighted by Crippen LogP contribution is 2.25. The third-order valence-corrected chi connectivity index (χ3v) is 2.88. The number of benzene rings is 1. The van der Waals surface area contributed by atoms with Gasteiger partial charge in [-0.15, -0.1) is 0 Å². The lowest BCUT2D eigenvalue weighted by molar-refractivity contribution is 0.528. The molecule has 0 bridgehead atoms. The summed E-state index contributed by atoms with van der Waals surface area (Å²) in [5.74, 6) is 0. The third-order valence-electron chi connectivity index (χ3n) is 2.88. The van der Waals surface area contributed by atoms with Gasteiger partial charge in [0.1, 0.15) is 0 Å². The van der Waals surface area contributed by atoms with Gasteiger partial charge in [-0.05, 0) is 25.5 Å². The van der Waals surface area contributed by atoms with Crippen molar-refractivity contribution in [3.05, 3.63) is 53.1 Å². The molecule has 1 aliphatic rings. The molecule has 0 aliphatic carbocycles. The molecule has 0 radical (unpaired) electrons. The van der Waals surface area contributed by atoms with Crippen LogP contribution in [0.4, 0.5) is 0 Å². The molecule has 1 heteroatoms. The summed E-state index contributed by atoms with van der Waals surface area (Å²) in [5.41, 5.74) is 5.36. The van der Waals surface area contributed by atoms with Crippen LogP contribution in [0.5, 0.6) is 0 Å². The number of likely N-dealkylation sites (N-methyl/N-ethyl adjacent to an activating group) is 1. The minimum Gasteiger partial charge on any atom is -0.370 e. The monoisotopic (exact) mass is 229 g/mol. The number of rotatable bonds is 1. The lowest BCUT2D eigenvalue weighted by Gasteiger charge is -2.26. The summed E-state index contributed by atoms with van der Waals surface area (Å²) in [6.45, 7) is 9.33. The van der Waals surface area contributed by atoms with Gasteiger partial charge in [0.2, 0.25) is 0 Å². The molecule has 0 saturated heterocycles. The van der Waals surface area contributed by atoms with Crippen LogP contribution < -0.4 is 0 Å². The molecule has 0 spiro atoms. The van der Waals surface area contributed by atoms with E-state index in [9.17, 15) is 0 Å². The molecule has 1 nitrogen and oxygen atoms in total. The zero-order chi connectivity index (χ0) is 12.8. The fourth-order valence-corrected chi connectivity index (χ4v) is 1.91. The number of hydrogen-bond donors (Lipinski definition) is 0. The van der Waals surface area contributed by atoms with Gasteiger partial charge < -0.3 is 4.90 Å². The number of hydrogen-bond acceptors (Lipinski definition) is 1. The standard InChI is InChI=1S/C14H17N.C2H6/c1-11-8-9-15(3)14(10-11)13-7-5-4-6-12(13)2;1-2/h4-8,10H,9H2,1-3H3;1-2H3. The van der Waals surface area contributed by atoms with E-state index >= 15 is 0 Å². The first-order chi connectivity index (χ1) is 8.18. The van der Waals surface area contributed by atoms with Crippen LogP contribution in [0, 0.1) is 6.92 Å². The number of allylic oxidation sites excluding steroid dienone is 2. The Morgan fingerprint density at radius 3 is 2.35 bits per heavy atom. The van der Waals surface area contributed by atoms with Crippen LogP contribution in [0.1, 0.15) is 31.9 Å². The maximum atomic E-state index is 2.29. The Hall–Kier alpha value is -1.50. The summed E-state index contributed by atoms with van der Waals surface area (Å²) in [4.78, 5) is 2.29. The molecule has 17 heavy (non-hydrogen) atoms. The molecule has 1 aromatic carbocycles. The maximum absolute atomic E-state index is 2.29. The van der Waals surface area contributed by atoms with Gasteiger partial charge in [-0.25, -0.2) is 0 Å². The lowest BCUT2D eigenvalue weighted by Crippen LogP contribution is -2.20. The predicted octanol–water partition coefficient (Wildman–Crippen LogP) is 4.25. The Bertz CT molecular complexity index is 427. The molecule has 92 valence electrons. The zero-order valence-electron chi connectivity index (χ0n) is 11.6. The van der Waals surface area contributed by atoms with Gasteiger partial charge in [-0.3, -0.25) is 0 Å². The summed E-state index contributed by atoms with van der Waals surface area (Å²) >= 11 is 0. The first-order valence-corrected chi connectivity index (χ1v) is 6.34. The van der Waals surface area contributed by atoms with Crippen LogP contribution in [0.2, 0.25) is 0 Å². The lowest BCUT2D eigenvalue weighted by atomic mass is 10.0. The van der Waals surface area contributed by atoms with Crippen molar-refractivity contribution in [3.63, 3.8) is 0 Å². The molecule has 0 saturated carbocycles. The fraction of sp³-hybridized carbons (Fsp3) is 0.375. The molecule has 0 fully saturated rings. The van der Waals surface area contributed by atoms with Crippen molar-refractivity contribution in [3.8, 4) is 0 Å². The summed E-state index contributed by atoms with van der Waals surface area (Å²) in [6.07, 6.45) is 4.51. The van der Waals surface area contributed by atoms with E-state index in [2.05, 4.69) is 62.2 Å². The van der Waals surface area contributed by atoms with Crippen LogP contribution >= 0.6 is 0 Å². The summed E-state index contributed by atoms with van der Waals surface area (Å²) in [5, 5.41) is 0. The van der Waals surface area contributed by atoms with E-state index in [-0.39, 0.29) is 0 Å². The second kappa shape index (κ2) is 6.29. The fourth-order valence-electron chi connectivity index (χ4n) is 1.91. The van der Waals surface area contributed by atoms with E-state index in [1.165, 1.54) is 22.4 Å². The average Bonchev–Trinajstić information content (AvgIpc) is 2.36. The number of nitrogens with zero attached hydrogens (tertiary/aromatic N) is 1. The van der Waals surface area contributed by atoms with Gasteiger partial charge in [0.25, 0.3) is 0 Å². The Kier molecular flexibility index (Phi) is 5.02. The van der Waals surface area contributed by atoms with E-state index < -0.39 is 0 Å². The van der Waals surface area contributed by atoms with Gasteiger partial charge in [-0.2, -0.15) is 0 Å². The minimum atomic E-state index is 1.01. The normalized spacial score (nSPS) is 14.5. The Balaban J connectivity index is 0.000000686. The first-order valence-electron chi connectivity index (χ1n) is 6.34. The molecule has 1 aliphatic heterocycles. The van der Waals surface area contributed by atoms with Crippen molar-refractivity contribution in [2.24, 2.45) is 0 Å². The summed E-state index contributed by atoms with van der Waals surface area (Å²) in [6, 6.07) is 8.55. The Morgan fingerprint density at radius 1 is 1.06 bits per heavy atom. The molecule has 0 N–H and O–H groups in total. The molecule has 0 amide bonds. The molecule has 1 aromatic rings. The van der Waals surface area contributed by atoms with Crippen molar-refractivity contribution in [2.75, 3.05) is 13.6 Å². The van der Waals surface area contributed by atoms with Crippen molar-refractivity contribution in [2.45, 2.75) is 27.7 Å². The van der Waals surface area contributed by atoms with Crippen LogP contribution in [-0.2, 0) is 0 Å². The molecule has 2 rings (SSSR count). The van der Waals surface area contributed by atoms with E-state index in [0.717, 1.165) is 6.54 Å². The quantitative estimate of drug-likeness (QED) is 0.695. The summed E-state index contributed by atoms with van der Waals surface area (Å²) in [7, 11) is 2.14. The van der Waals surface area contributed by atoms with Gasteiger partial charge in [0, 0.05) is 24.9 Å². The van der Waals surface area contributed by atoms with Crippen molar-refractivity contribution in [1.29, 1.82) is 0 Å². The Labute approximate surface area is 105 Å². The van der Waals surface area contributed by atoms with E-state index in [4.69, 9.17) is 0 Å². The van der Waals surface area contributed by atoms with Gasteiger partial charge in [0.05, 0.1) is 0 Å². The second-order valence-electron chi connectivity index (χ2n) is 4.17. The highest BCUT2D eigenvalue weighted by atomic mass is 15.1.